The fourth-order valence-electron chi connectivity index (χ4n) is 4.05. The minimum absolute atomic E-state index is 0.123. The van der Waals surface area contributed by atoms with Crippen molar-refractivity contribution in [3.8, 4) is 0 Å². The van der Waals surface area contributed by atoms with Crippen molar-refractivity contribution in [3.63, 3.8) is 0 Å². The van der Waals surface area contributed by atoms with Gasteiger partial charge >= 0.3 is 0 Å². The number of piperidine rings is 1. The van der Waals surface area contributed by atoms with E-state index < -0.39 is 0 Å². The summed E-state index contributed by atoms with van der Waals surface area (Å²) in [6.07, 6.45) is 5.26. The maximum absolute atomic E-state index is 12.6. The van der Waals surface area contributed by atoms with Crippen molar-refractivity contribution in [3.05, 3.63) is 82.0 Å². The highest BCUT2D eigenvalue weighted by Gasteiger charge is 2.17. The van der Waals surface area contributed by atoms with Gasteiger partial charge in [0.1, 0.15) is 11.3 Å². The summed E-state index contributed by atoms with van der Waals surface area (Å²) in [5.41, 5.74) is 3.56. The maximum Gasteiger partial charge on any atom is 0.270 e. The lowest BCUT2D eigenvalue weighted by molar-refractivity contribution is 0.0946. The Hall–Kier alpha value is -3.45. The molecule has 4 aromatic rings. The summed E-state index contributed by atoms with van der Waals surface area (Å²) in [4.78, 5) is 32.6. The molecule has 7 nitrogen and oxygen atoms in total. The number of amides is 1. The molecular weight excluding hydrogens is 378 g/mol. The number of aromatic amines is 1. The van der Waals surface area contributed by atoms with Crippen molar-refractivity contribution in [2.75, 3.05) is 6.54 Å². The number of fused-ring (bicyclic) bond motifs is 2. The molecule has 1 unspecified atom stereocenters. The molecule has 1 saturated heterocycles. The molecular formula is C23H23N5O2. The van der Waals surface area contributed by atoms with Crippen LogP contribution in [0.25, 0.3) is 16.6 Å². The summed E-state index contributed by atoms with van der Waals surface area (Å²) >= 11 is 0. The monoisotopic (exact) mass is 401 g/mol. The summed E-state index contributed by atoms with van der Waals surface area (Å²) in [5.74, 6) is -0.364. The number of hydrogen-bond donors (Lipinski definition) is 3. The van der Waals surface area contributed by atoms with Gasteiger partial charge in [0, 0.05) is 36.1 Å². The molecule has 1 fully saturated rings. The van der Waals surface area contributed by atoms with Crippen molar-refractivity contribution < 1.29 is 4.79 Å². The lowest BCUT2D eigenvalue weighted by Gasteiger charge is -2.22. The van der Waals surface area contributed by atoms with Gasteiger partial charge in [0.05, 0.1) is 0 Å². The molecule has 1 aromatic carbocycles. The molecule has 0 radical (unpaired) electrons. The van der Waals surface area contributed by atoms with Crippen LogP contribution >= 0.6 is 0 Å². The van der Waals surface area contributed by atoms with Gasteiger partial charge in [-0.1, -0.05) is 24.6 Å². The van der Waals surface area contributed by atoms with Gasteiger partial charge in [-0.3, -0.25) is 14.0 Å². The summed E-state index contributed by atoms with van der Waals surface area (Å²) in [7, 11) is 0. The van der Waals surface area contributed by atoms with Gasteiger partial charge in [-0.05, 0) is 54.6 Å². The highest BCUT2D eigenvalue weighted by molar-refractivity contribution is 5.92. The topological polar surface area (TPSA) is 91.3 Å². The number of pyridine rings is 1. The van der Waals surface area contributed by atoms with E-state index in [-0.39, 0.29) is 17.2 Å². The summed E-state index contributed by atoms with van der Waals surface area (Å²) in [6.45, 7) is 1.42. The standard InChI is InChI=1S/C23H23N5O2/c29-22-13-20(27-21-6-2-4-10-28(21)22)23(30)25-14-15-7-8-16-12-19(26-18(16)11-15)17-5-1-3-9-24-17/h2,4,6-8,10-13,17,24,26H,1,3,5,9,14H2,(H,25,30). The average molecular weight is 401 g/mol. The third kappa shape index (κ3) is 3.59. The van der Waals surface area contributed by atoms with Crippen LogP contribution in [0.15, 0.2) is 59.5 Å². The molecule has 0 spiro atoms. The third-order valence-electron chi connectivity index (χ3n) is 5.65. The number of aromatic nitrogens is 3. The van der Waals surface area contributed by atoms with Crippen LogP contribution in [0.2, 0.25) is 0 Å². The molecule has 30 heavy (non-hydrogen) atoms. The van der Waals surface area contributed by atoms with Crippen molar-refractivity contribution in [1.82, 2.24) is 25.0 Å². The Bertz CT molecular complexity index is 1280. The highest BCUT2D eigenvalue weighted by Crippen LogP contribution is 2.26. The van der Waals surface area contributed by atoms with E-state index in [0.717, 1.165) is 29.4 Å². The van der Waals surface area contributed by atoms with E-state index in [2.05, 4.69) is 38.8 Å². The van der Waals surface area contributed by atoms with Gasteiger partial charge in [-0.2, -0.15) is 0 Å². The smallest absolute Gasteiger partial charge is 0.270 e. The largest absolute Gasteiger partial charge is 0.357 e. The van der Waals surface area contributed by atoms with Crippen LogP contribution in [-0.4, -0.2) is 26.8 Å². The first-order chi connectivity index (χ1) is 14.7. The van der Waals surface area contributed by atoms with E-state index in [1.54, 1.807) is 24.4 Å². The van der Waals surface area contributed by atoms with Crippen molar-refractivity contribution >= 4 is 22.5 Å². The first-order valence-electron chi connectivity index (χ1n) is 10.3. The van der Waals surface area contributed by atoms with Crippen LogP contribution in [-0.2, 0) is 6.54 Å². The first-order valence-corrected chi connectivity index (χ1v) is 10.3. The molecule has 1 aliphatic rings. The van der Waals surface area contributed by atoms with Crippen molar-refractivity contribution in [1.29, 1.82) is 0 Å². The van der Waals surface area contributed by atoms with Gasteiger partial charge in [0.25, 0.3) is 11.5 Å². The van der Waals surface area contributed by atoms with Gasteiger partial charge in [0.2, 0.25) is 0 Å². The lowest BCUT2D eigenvalue weighted by atomic mass is 10.0. The molecule has 0 aliphatic carbocycles. The molecule has 4 heterocycles. The number of rotatable bonds is 4. The SMILES string of the molecule is O=C(NCc1ccc2cc(C3CCCCN3)[nH]c2c1)c1cc(=O)n2ccccc2n1. The number of benzene rings is 1. The zero-order valence-electron chi connectivity index (χ0n) is 16.5. The van der Waals surface area contributed by atoms with Gasteiger partial charge in [-0.25, -0.2) is 4.98 Å². The Labute approximate surface area is 173 Å². The van der Waals surface area contributed by atoms with Crippen LogP contribution in [0.4, 0.5) is 0 Å². The molecule has 1 amide bonds. The third-order valence-corrected chi connectivity index (χ3v) is 5.65. The Morgan fingerprint density at radius 2 is 2.10 bits per heavy atom. The lowest BCUT2D eigenvalue weighted by Crippen LogP contribution is -2.27. The van der Waals surface area contributed by atoms with Crippen LogP contribution in [0, 0.1) is 0 Å². The Morgan fingerprint density at radius 3 is 2.97 bits per heavy atom. The Morgan fingerprint density at radius 1 is 1.17 bits per heavy atom. The zero-order valence-corrected chi connectivity index (χ0v) is 16.5. The number of carbonyl (C=O) groups excluding carboxylic acids is 1. The first kappa shape index (κ1) is 18.6. The summed E-state index contributed by atoms with van der Waals surface area (Å²) < 4.78 is 1.41. The van der Waals surface area contributed by atoms with Crippen LogP contribution in [0.3, 0.4) is 0 Å². The van der Waals surface area contributed by atoms with E-state index in [0.29, 0.717) is 18.2 Å². The Balaban J connectivity index is 1.32. The predicted molar refractivity (Wildman–Crippen MR) is 116 cm³/mol. The summed E-state index contributed by atoms with van der Waals surface area (Å²) in [5, 5.41) is 7.59. The van der Waals surface area contributed by atoms with E-state index in [4.69, 9.17) is 0 Å². The number of carbonyl (C=O) groups is 1. The maximum atomic E-state index is 12.6. The number of nitrogens with zero attached hydrogens (tertiary/aromatic N) is 2. The Kier molecular flexibility index (Phi) is 4.80. The fraction of sp³-hybridized carbons (Fsp3) is 0.261. The van der Waals surface area contributed by atoms with Crippen LogP contribution in [0.1, 0.15) is 47.1 Å². The van der Waals surface area contributed by atoms with Crippen LogP contribution in [0.5, 0.6) is 0 Å². The predicted octanol–water partition coefficient (Wildman–Crippen LogP) is 2.92. The molecule has 5 rings (SSSR count). The highest BCUT2D eigenvalue weighted by atomic mass is 16.2. The molecule has 3 aromatic heterocycles. The minimum atomic E-state index is -0.364. The molecule has 3 N–H and O–H groups in total. The van der Waals surface area contributed by atoms with Gasteiger partial charge < -0.3 is 15.6 Å². The van der Waals surface area contributed by atoms with Crippen LogP contribution < -0.4 is 16.2 Å². The number of nitrogens with one attached hydrogen (secondary N) is 3. The number of hydrogen-bond acceptors (Lipinski definition) is 4. The average Bonchev–Trinajstić information content (AvgIpc) is 3.21. The molecule has 0 bridgehead atoms. The number of H-pyrrole nitrogens is 1. The second-order valence-corrected chi connectivity index (χ2v) is 7.74. The van der Waals surface area contributed by atoms with Gasteiger partial charge in [-0.15, -0.1) is 0 Å². The van der Waals surface area contributed by atoms with Crippen molar-refractivity contribution in [2.45, 2.75) is 31.8 Å². The van der Waals surface area contributed by atoms with E-state index >= 15 is 0 Å². The molecule has 1 aliphatic heterocycles. The molecule has 7 heteroatoms. The second kappa shape index (κ2) is 7.76. The van der Waals surface area contributed by atoms with E-state index in [9.17, 15) is 9.59 Å². The molecule has 0 saturated carbocycles. The fourth-order valence-corrected chi connectivity index (χ4v) is 4.05. The quantitative estimate of drug-likeness (QED) is 0.490. The van der Waals surface area contributed by atoms with Gasteiger partial charge in [0.15, 0.2) is 0 Å². The second-order valence-electron chi connectivity index (χ2n) is 7.74. The van der Waals surface area contributed by atoms with E-state index in [1.807, 2.05) is 6.07 Å². The molecule has 152 valence electrons. The summed E-state index contributed by atoms with van der Waals surface area (Å²) in [6, 6.07) is 15.2. The van der Waals surface area contributed by atoms with Crippen molar-refractivity contribution in [2.24, 2.45) is 0 Å². The zero-order chi connectivity index (χ0) is 20.5. The molecule has 1 atom stereocenters. The normalized spacial score (nSPS) is 16.7. The minimum Gasteiger partial charge on any atom is -0.357 e. The van der Waals surface area contributed by atoms with E-state index in [1.165, 1.54) is 29.0 Å².